The number of nitrogens with one attached hydrogen (secondary N) is 4. The van der Waals surface area contributed by atoms with Crippen molar-refractivity contribution in [3.05, 3.63) is 107 Å². The Morgan fingerprint density at radius 2 is 0.824 bits per heavy atom. The average Bonchev–Trinajstić information content (AvgIpc) is 3.26. The van der Waals surface area contributed by atoms with Crippen LogP contribution in [0.4, 0.5) is 58.4 Å². The van der Waals surface area contributed by atoms with Crippen LogP contribution in [0.1, 0.15) is 45.7 Å². The predicted molar refractivity (Wildman–Crippen MR) is 244 cm³/mol. The van der Waals surface area contributed by atoms with Crippen LogP contribution in [0.3, 0.4) is 0 Å². The molecule has 6 aromatic rings. The fourth-order valence-corrected chi connectivity index (χ4v) is 7.39. The Kier molecular flexibility index (Phi) is 19.6. The molecule has 0 unspecified atom stereocenters. The third kappa shape index (κ3) is 15.0. The molecule has 6 rings (SSSR count). The molecule has 6 N–H and O–H groups in total. The van der Waals surface area contributed by atoms with E-state index >= 15 is 0 Å². The summed E-state index contributed by atoms with van der Waals surface area (Å²) in [6, 6.07) is 20.5. The molecule has 2 aromatic heterocycles. The quantitative estimate of drug-likeness (QED) is 0.0214. The summed E-state index contributed by atoms with van der Waals surface area (Å²) >= 11 is 0. The van der Waals surface area contributed by atoms with Crippen LogP contribution in [0.2, 0.25) is 0 Å². The van der Waals surface area contributed by atoms with Gasteiger partial charge in [-0.15, -0.1) is 0 Å². The van der Waals surface area contributed by atoms with E-state index in [-0.39, 0.29) is 155 Å². The van der Waals surface area contributed by atoms with Gasteiger partial charge in [-0.25, -0.2) is 16.8 Å². The number of benzene rings is 4. The van der Waals surface area contributed by atoms with E-state index in [2.05, 4.69) is 51.2 Å². The van der Waals surface area contributed by atoms with E-state index in [1.54, 1.807) is 62.6 Å². The number of aromatic nitrogens is 6. The molecule has 0 saturated heterocycles. The van der Waals surface area contributed by atoms with Gasteiger partial charge in [-0.2, -0.15) is 29.9 Å². The summed E-state index contributed by atoms with van der Waals surface area (Å²) in [5.74, 6) is -0.0851. The minimum Gasteiger partial charge on any atom is -0.744 e. The molecule has 0 aliphatic rings. The number of carbonyl (C=O) groups excluding carboxylic acids is 2. The first kappa shape index (κ1) is 55.1. The molecular formula is C42H42N12Na2O10S2. The maximum atomic E-state index is 12.6. The van der Waals surface area contributed by atoms with Gasteiger partial charge in [-0.1, -0.05) is 24.3 Å². The number of aliphatic hydroxyl groups is 2. The van der Waals surface area contributed by atoms with Gasteiger partial charge < -0.3 is 50.4 Å². The van der Waals surface area contributed by atoms with Crippen molar-refractivity contribution in [2.45, 2.75) is 23.6 Å². The summed E-state index contributed by atoms with van der Waals surface area (Å²) in [6.07, 6.45) is 2.32. The molecule has 2 heterocycles. The fourth-order valence-electron chi connectivity index (χ4n) is 6.00. The van der Waals surface area contributed by atoms with Gasteiger partial charge in [0.15, 0.2) is 11.6 Å². The Morgan fingerprint density at radius 1 is 0.529 bits per heavy atom. The van der Waals surface area contributed by atoms with Crippen molar-refractivity contribution in [1.82, 2.24) is 29.9 Å². The van der Waals surface area contributed by atoms with Gasteiger partial charge in [-0.05, 0) is 97.8 Å². The first-order valence-electron chi connectivity index (χ1n) is 19.6. The number of ketones is 2. The van der Waals surface area contributed by atoms with Gasteiger partial charge in [0.05, 0.1) is 23.0 Å². The van der Waals surface area contributed by atoms with Crippen LogP contribution in [0.25, 0.3) is 12.2 Å². The fraction of sp³-hybridized carbons (Fsp3) is 0.190. The van der Waals surface area contributed by atoms with E-state index < -0.39 is 30.0 Å². The molecular weight excluding hydrogens is 943 g/mol. The first-order chi connectivity index (χ1) is 31.3. The number of rotatable bonds is 20. The zero-order valence-corrected chi connectivity index (χ0v) is 43.3. The maximum absolute atomic E-state index is 12.6. The Bertz CT molecular complexity index is 2820. The van der Waals surface area contributed by atoms with Crippen LogP contribution in [0, 0.1) is 0 Å². The molecule has 0 atom stereocenters. The second kappa shape index (κ2) is 24.2. The Balaban J connectivity index is 0.00000504. The molecule has 0 aliphatic carbocycles. The van der Waals surface area contributed by atoms with Crippen molar-refractivity contribution in [2.24, 2.45) is 0 Å². The summed E-state index contributed by atoms with van der Waals surface area (Å²) in [4.78, 5) is 51.3. The van der Waals surface area contributed by atoms with Crippen molar-refractivity contribution >= 4 is 102 Å². The average molecular weight is 985 g/mol. The minimum absolute atomic E-state index is 0. The predicted octanol–water partition coefficient (Wildman–Crippen LogP) is -1.72. The number of anilines is 10. The molecule has 22 nitrogen and oxygen atoms in total. The minimum atomic E-state index is -5.17. The molecule has 4 aromatic carbocycles. The maximum Gasteiger partial charge on any atom is 1.00 e. The topological polar surface area (TPSA) is 321 Å². The largest absolute Gasteiger partial charge is 1.00 e. The standard InChI is InChI=1S/C42H44N12O10S2.2Na/c1-25(57)27-7-13-31(14-8-27)43-37-47-39(51-41(49-37)53(3)19-21-55)45-33-17-11-29(35(23-33)65(59,60)61)5-6-30-12-18-34(24-36(30)66(62,63)64)46-40-48-38(50-42(52-40)54(4)20-22-56)44-32-15-9-28(10-16-32)26(2)58;;/h5-18,23-24,55-56H,19-22H2,1-4H3,(H,59,60,61)(H,62,63,64)(H2,43,45,47,49,51)(H2,44,46,48,50,52);;/q;2*+1/p-2/b6-5+;;. The van der Waals surface area contributed by atoms with Crippen LogP contribution >= 0.6 is 0 Å². The smallest absolute Gasteiger partial charge is 0.744 e. The summed E-state index contributed by atoms with van der Waals surface area (Å²) in [6.45, 7) is 2.71. The van der Waals surface area contributed by atoms with Crippen LogP contribution in [-0.2, 0) is 20.2 Å². The number of nitrogens with zero attached hydrogens (tertiary/aromatic N) is 8. The number of hydrogen-bond donors (Lipinski definition) is 6. The second-order valence-electron chi connectivity index (χ2n) is 14.4. The summed E-state index contributed by atoms with van der Waals surface area (Å²) in [5, 5.41) is 30.8. The number of carbonyl (C=O) groups is 2. The monoisotopic (exact) mass is 984 g/mol. The van der Waals surface area contributed by atoms with Gasteiger partial charge >= 0.3 is 59.1 Å². The van der Waals surface area contributed by atoms with Crippen molar-refractivity contribution < 1.29 is 105 Å². The van der Waals surface area contributed by atoms with E-state index in [4.69, 9.17) is 0 Å². The first-order valence-corrected chi connectivity index (χ1v) is 22.5. The van der Waals surface area contributed by atoms with Crippen LogP contribution in [0.15, 0.2) is 94.7 Å². The molecule has 0 aliphatic heterocycles. The van der Waals surface area contributed by atoms with E-state index in [9.17, 15) is 45.7 Å². The third-order valence-electron chi connectivity index (χ3n) is 9.42. The van der Waals surface area contributed by atoms with E-state index in [1.807, 2.05) is 0 Å². The van der Waals surface area contributed by atoms with Crippen LogP contribution < -0.4 is 90.2 Å². The molecule has 26 heteroatoms. The summed E-state index contributed by atoms with van der Waals surface area (Å²) in [7, 11) is -7.10. The van der Waals surface area contributed by atoms with Gasteiger partial charge in [0.25, 0.3) is 0 Å². The van der Waals surface area contributed by atoms with Crippen molar-refractivity contribution in [2.75, 3.05) is 71.5 Å². The second-order valence-corrected chi connectivity index (χ2v) is 17.1. The summed E-state index contributed by atoms with van der Waals surface area (Å²) in [5.41, 5.74) is 1.86. The van der Waals surface area contributed by atoms with Gasteiger partial charge in [0.2, 0.25) is 35.7 Å². The number of Topliss-reactive ketones (excluding diaryl/α,β-unsaturated/α-hetero) is 2. The SMILES string of the molecule is CC(=O)c1ccc(Nc2nc(Nc3ccc(/C=C/c4ccc(Nc5nc(Nc6ccc(C(C)=O)cc6)nc(N(C)CCO)n5)cc4S(=O)(=O)[O-])c(S(=O)(=O)[O-])c3)nc(N(C)CCO)n2)cc1.[Na+].[Na+]. The van der Waals surface area contributed by atoms with Gasteiger partial charge in [0, 0.05) is 61.1 Å². The van der Waals surface area contributed by atoms with Gasteiger partial charge in [-0.3, -0.25) is 9.59 Å². The molecule has 0 radical (unpaired) electrons. The Morgan fingerprint density at radius 3 is 1.10 bits per heavy atom. The Labute approximate surface area is 435 Å². The molecule has 0 bridgehead atoms. The van der Waals surface area contributed by atoms with Crippen LogP contribution in [0.5, 0.6) is 0 Å². The van der Waals surface area contributed by atoms with E-state index in [1.165, 1.54) is 47.9 Å². The number of aliphatic hydroxyl groups excluding tert-OH is 2. The van der Waals surface area contributed by atoms with Crippen molar-refractivity contribution in [3.8, 4) is 0 Å². The number of likely N-dealkylation sites (N-methyl/N-ethyl adjacent to an activating group) is 2. The molecule has 344 valence electrons. The zero-order chi connectivity index (χ0) is 47.8. The molecule has 0 spiro atoms. The zero-order valence-electron chi connectivity index (χ0n) is 37.6. The van der Waals surface area contributed by atoms with E-state index in [0.29, 0.717) is 22.5 Å². The molecule has 0 saturated carbocycles. The van der Waals surface area contributed by atoms with Gasteiger partial charge in [0.1, 0.15) is 20.2 Å². The third-order valence-corrected chi connectivity index (χ3v) is 11.2. The molecule has 68 heavy (non-hydrogen) atoms. The van der Waals surface area contributed by atoms with Crippen LogP contribution in [-0.4, -0.2) is 118 Å². The normalized spacial score (nSPS) is 11.2. The number of hydrogen-bond acceptors (Lipinski definition) is 22. The molecule has 0 amide bonds. The van der Waals surface area contributed by atoms with E-state index in [0.717, 1.165) is 24.3 Å². The Hall–Kier alpha value is -5.48. The van der Waals surface area contributed by atoms with Crippen molar-refractivity contribution in [3.63, 3.8) is 0 Å². The summed E-state index contributed by atoms with van der Waals surface area (Å²) < 4.78 is 75.6. The molecule has 0 fully saturated rings. The van der Waals surface area contributed by atoms with Crippen molar-refractivity contribution in [1.29, 1.82) is 0 Å².